The lowest BCUT2D eigenvalue weighted by Gasteiger charge is -2.37. The van der Waals surface area contributed by atoms with Gasteiger partial charge in [-0.05, 0) is 66.7 Å². The number of hydrogen-bond acceptors (Lipinski definition) is 5. The highest BCUT2D eigenvalue weighted by molar-refractivity contribution is 6.04. The van der Waals surface area contributed by atoms with Gasteiger partial charge in [0.1, 0.15) is 0 Å². The summed E-state index contributed by atoms with van der Waals surface area (Å²) in [5.41, 5.74) is 0.0166. The van der Waals surface area contributed by atoms with Gasteiger partial charge in [-0.1, -0.05) is 51.1 Å². The molecular formula is C27H34O5. The number of ketones is 1. The van der Waals surface area contributed by atoms with Gasteiger partial charge in [-0.2, -0.15) is 0 Å². The zero-order valence-corrected chi connectivity index (χ0v) is 19.5. The number of hydrogen-bond donors (Lipinski definition) is 2. The fourth-order valence-electron chi connectivity index (χ4n) is 5.97. The van der Waals surface area contributed by atoms with Crippen molar-refractivity contribution in [3.63, 3.8) is 0 Å². The van der Waals surface area contributed by atoms with Crippen molar-refractivity contribution in [2.75, 3.05) is 0 Å². The van der Waals surface area contributed by atoms with E-state index in [1.165, 1.54) is 0 Å². The second-order valence-electron chi connectivity index (χ2n) is 10.6. The first-order chi connectivity index (χ1) is 15.0. The van der Waals surface area contributed by atoms with Gasteiger partial charge in [0.25, 0.3) is 0 Å². The molecule has 3 aliphatic carbocycles. The number of carbonyl (C=O) groups excluding carboxylic acids is 2. The van der Waals surface area contributed by atoms with Gasteiger partial charge >= 0.3 is 5.97 Å². The van der Waals surface area contributed by atoms with Crippen LogP contribution in [0.15, 0.2) is 53.6 Å². The van der Waals surface area contributed by atoms with E-state index in [1.54, 1.807) is 37.3 Å². The van der Waals surface area contributed by atoms with Crippen LogP contribution in [0.5, 0.6) is 0 Å². The van der Waals surface area contributed by atoms with Crippen LogP contribution in [0.25, 0.3) is 0 Å². The first-order valence-corrected chi connectivity index (χ1v) is 11.5. The van der Waals surface area contributed by atoms with E-state index in [-0.39, 0.29) is 29.5 Å². The number of benzene rings is 1. The molecule has 0 aromatic heterocycles. The van der Waals surface area contributed by atoms with Crippen molar-refractivity contribution in [3.8, 4) is 0 Å². The van der Waals surface area contributed by atoms with Crippen LogP contribution in [0.1, 0.15) is 57.8 Å². The minimum absolute atomic E-state index is 0.0677. The Morgan fingerprint density at radius 3 is 2.44 bits per heavy atom. The van der Waals surface area contributed by atoms with Crippen molar-refractivity contribution < 1.29 is 24.5 Å². The molecule has 0 bridgehead atoms. The number of fused-ring (bicyclic) bond motifs is 2. The quantitative estimate of drug-likeness (QED) is 0.537. The number of carbonyl (C=O) groups is 2. The summed E-state index contributed by atoms with van der Waals surface area (Å²) < 4.78 is 6.03. The van der Waals surface area contributed by atoms with E-state index in [0.29, 0.717) is 22.6 Å². The highest BCUT2D eigenvalue weighted by Gasteiger charge is 2.63. The molecule has 0 spiro atoms. The molecule has 0 unspecified atom stereocenters. The van der Waals surface area contributed by atoms with Crippen molar-refractivity contribution in [1.29, 1.82) is 0 Å². The van der Waals surface area contributed by atoms with Gasteiger partial charge in [-0.3, -0.25) is 4.79 Å². The van der Waals surface area contributed by atoms with Crippen LogP contribution in [0.4, 0.5) is 0 Å². The molecule has 5 nitrogen and oxygen atoms in total. The third-order valence-electron chi connectivity index (χ3n) is 8.21. The lowest BCUT2D eigenvalue weighted by Crippen LogP contribution is -2.53. The maximum absolute atomic E-state index is 14.0. The molecule has 5 heteroatoms. The fraction of sp³-hybridized carbons (Fsp3) is 0.556. The maximum Gasteiger partial charge on any atom is 0.339 e. The van der Waals surface area contributed by atoms with Crippen molar-refractivity contribution in [3.05, 3.63) is 59.2 Å². The van der Waals surface area contributed by atoms with Crippen LogP contribution in [0.3, 0.4) is 0 Å². The fourth-order valence-corrected chi connectivity index (χ4v) is 5.97. The van der Waals surface area contributed by atoms with E-state index < -0.39 is 29.7 Å². The highest BCUT2D eigenvalue weighted by Crippen LogP contribution is 2.62. The molecular weight excluding hydrogens is 404 g/mol. The summed E-state index contributed by atoms with van der Waals surface area (Å²) in [5, 5.41) is 22.4. The summed E-state index contributed by atoms with van der Waals surface area (Å²) in [6.45, 7) is 9.81. The van der Waals surface area contributed by atoms with E-state index in [0.717, 1.165) is 6.42 Å². The number of ether oxygens (including phenoxy) is 1. The van der Waals surface area contributed by atoms with Crippen LogP contribution >= 0.6 is 0 Å². The van der Waals surface area contributed by atoms with E-state index in [9.17, 15) is 19.8 Å². The molecule has 1 aromatic carbocycles. The number of Topliss-reactive ketones (excluding diaryl/α,β-unsaturated/α-hetero) is 1. The number of esters is 1. The van der Waals surface area contributed by atoms with Crippen molar-refractivity contribution in [2.45, 2.75) is 65.3 Å². The van der Waals surface area contributed by atoms with E-state index >= 15 is 0 Å². The molecule has 0 heterocycles. The average Bonchev–Trinajstić information content (AvgIpc) is 3.16. The number of rotatable bonds is 2. The molecule has 2 fully saturated rings. The third-order valence-corrected chi connectivity index (χ3v) is 8.21. The minimum Gasteiger partial charge on any atom is -0.447 e. The molecule has 0 amide bonds. The predicted molar refractivity (Wildman–Crippen MR) is 122 cm³/mol. The van der Waals surface area contributed by atoms with Crippen LogP contribution in [-0.2, 0) is 9.53 Å². The largest absolute Gasteiger partial charge is 0.447 e. The van der Waals surface area contributed by atoms with Gasteiger partial charge in [0.05, 0.1) is 23.7 Å². The summed E-state index contributed by atoms with van der Waals surface area (Å²) in [4.78, 5) is 27.1. The Hall–Kier alpha value is -2.24. The van der Waals surface area contributed by atoms with Crippen molar-refractivity contribution >= 4 is 11.8 Å². The van der Waals surface area contributed by atoms with Crippen LogP contribution in [0, 0.1) is 29.1 Å². The minimum atomic E-state index is -1.63. The molecule has 0 radical (unpaired) electrons. The van der Waals surface area contributed by atoms with Crippen LogP contribution in [0.2, 0.25) is 0 Å². The zero-order valence-electron chi connectivity index (χ0n) is 19.5. The molecule has 32 heavy (non-hydrogen) atoms. The van der Waals surface area contributed by atoms with Gasteiger partial charge < -0.3 is 14.9 Å². The maximum atomic E-state index is 14.0. The van der Waals surface area contributed by atoms with Gasteiger partial charge in [0.15, 0.2) is 5.60 Å². The molecule has 4 rings (SSSR count). The second kappa shape index (κ2) is 7.96. The summed E-state index contributed by atoms with van der Waals surface area (Å²) in [5.74, 6) is -1.54. The molecule has 2 saturated carbocycles. The van der Waals surface area contributed by atoms with Gasteiger partial charge in [0.2, 0.25) is 5.78 Å². The normalized spacial score (nSPS) is 41.8. The average molecular weight is 439 g/mol. The first-order valence-electron chi connectivity index (χ1n) is 11.5. The summed E-state index contributed by atoms with van der Waals surface area (Å²) in [6.07, 6.45) is 2.94. The number of aliphatic hydroxyl groups is 2. The molecule has 0 aliphatic heterocycles. The van der Waals surface area contributed by atoms with Crippen LogP contribution in [-0.4, -0.2) is 39.8 Å². The van der Waals surface area contributed by atoms with E-state index in [2.05, 4.69) is 13.8 Å². The Bertz CT molecular complexity index is 975. The molecule has 0 saturated heterocycles. The summed E-state index contributed by atoms with van der Waals surface area (Å²) in [6, 6.07) is 8.55. The van der Waals surface area contributed by atoms with Crippen LogP contribution < -0.4 is 0 Å². The van der Waals surface area contributed by atoms with Crippen molar-refractivity contribution in [1.82, 2.24) is 0 Å². The smallest absolute Gasteiger partial charge is 0.339 e. The molecule has 7 atom stereocenters. The second-order valence-corrected chi connectivity index (χ2v) is 10.6. The summed E-state index contributed by atoms with van der Waals surface area (Å²) in [7, 11) is 0. The Labute approximate surface area is 190 Å². The first kappa shape index (κ1) is 22.9. The SMILES string of the molecule is C/C1=C\[C@@H]2[C@H](C/C=C(\C)[C@H](O)[C@H]3[C@@H](O)[C@@H](C)C[C@]3(OC(=O)c3ccccc3)C1=O)C2(C)C. The third kappa shape index (κ3) is 3.56. The standard InChI is InChI=1S/C27H34O5/c1-15-11-12-19-20(26(19,4)5)13-16(2)24(30)27(14-17(3)23(29)21(27)22(15)28)32-25(31)18-9-7-6-8-10-18/h6-11,13,17,19-23,28-29H,12,14H2,1-5H3/b15-11+,16-13+/t17-,19-,20+,21-,22-,23-,27+/m0/s1. The van der Waals surface area contributed by atoms with Gasteiger partial charge in [-0.25, -0.2) is 4.79 Å². The highest BCUT2D eigenvalue weighted by atomic mass is 16.6. The Morgan fingerprint density at radius 2 is 1.78 bits per heavy atom. The van der Waals surface area contributed by atoms with E-state index in [1.807, 2.05) is 26.0 Å². The van der Waals surface area contributed by atoms with E-state index in [4.69, 9.17) is 4.74 Å². The van der Waals surface area contributed by atoms with Gasteiger partial charge in [0, 0.05) is 6.42 Å². The lowest BCUT2D eigenvalue weighted by atomic mass is 9.77. The number of allylic oxidation sites excluding steroid dienone is 2. The summed E-state index contributed by atoms with van der Waals surface area (Å²) >= 11 is 0. The lowest BCUT2D eigenvalue weighted by molar-refractivity contribution is -0.146. The molecule has 172 valence electrons. The molecule has 2 N–H and O–H groups in total. The Kier molecular flexibility index (Phi) is 5.71. The number of aliphatic hydroxyl groups excluding tert-OH is 2. The molecule has 1 aromatic rings. The zero-order chi connectivity index (χ0) is 23.4. The van der Waals surface area contributed by atoms with Crippen molar-refractivity contribution in [2.24, 2.45) is 29.1 Å². The van der Waals surface area contributed by atoms with Gasteiger partial charge in [-0.15, -0.1) is 0 Å². The Morgan fingerprint density at radius 1 is 1.12 bits per heavy atom. The Balaban J connectivity index is 1.83. The topological polar surface area (TPSA) is 83.8 Å². The predicted octanol–water partition coefficient (Wildman–Crippen LogP) is 4.10. The molecule has 3 aliphatic rings. The monoisotopic (exact) mass is 438 g/mol.